The van der Waals surface area contributed by atoms with Crippen molar-refractivity contribution in [2.45, 2.75) is 12.6 Å². The number of benzene rings is 2. The van der Waals surface area contributed by atoms with Crippen molar-refractivity contribution in [1.82, 2.24) is 20.4 Å². The fraction of sp³-hybridized carbons (Fsp3) is 0.391. The Bertz CT molecular complexity index is 882. The second kappa shape index (κ2) is 10.8. The molecule has 0 unspecified atom stereocenters. The van der Waals surface area contributed by atoms with Crippen LogP contribution in [-0.2, 0) is 11.3 Å². The van der Waals surface area contributed by atoms with Gasteiger partial charge in [0.05, 0.1) is 14.2 Å². The van der Waals surface area contributed by atoms with Gasteiger partial charge in [-0.2, -0.15) is 0 Å². The predicted molar refractivity (Wildman–Crippen MR) is 118 cm³/mol. The minimum absolute atomic E-state index is 0.320. The van der Waals surface area contributed by atoms with E-state index in [0.717, 1.165) is 30.8 Å². The second-order valence-electron chi connectivity index (χ2n) is 7.38. The van der Waals surface area contributed by atoms with E-state index in [9.17, 15) is 9.59 Å². The summed E-state index contributed by atoms with van der Waals surface area (Å²) in [6, 6.07) is 14.5. The Morgan fingerprint density at radius 2 is 1.65 bits per heavy atom. The molecule has 0 aromatic heterocycles. The van der Waals surface area contributed by atoms with Crippen LogP contribution in [0.15, 0.2) is 48.5 Å². The first kappa shape index (κ1) is 22.6. The maximum absolute atomic E-state index is 12.9. The van der Waals surface area contributed by atoms with E-state index < -0.39 is 12.1 Å². The van der Waals surface area contributed by atoms with Crippen LogP contribution in [0, 0.1) is 0 Å². The second-order valence-corrected chi connectivity index (χ2v) is 7.38. The van der Waals surface area contributed by atoms with Crippen LogP contribution in [0.25, 0.3) is 0 Å². The molecule has 8 heteroatoms. The average molecular weight is 427 g/mol. The Hall–Kier alpha value is -3.10. The lowest BCUT2D eigenvalue weighted by molar-refractivity contribution is -0.126. The van der Waals surface area contributed by atoms with Gasteiger partial charge in [-0.05, 0) is 23.3 Å². The Labute approximate surface area is 183 Å². The molecular formula is C23H30N4O4. The first-order chi connectivity index (χ1) is 15.0. The molecule has 0 bridgehead atoms. The first-order valence-electron chi connectivity index (χ1n) is 10.3. The molecule has 3 amide bonds. The van der Waals surface area contributed by atoms with Gasteiger partial charge in [-0.1, -0.05) is 36.4 Å². The monoisotopic (exact) mass is 426 g/mol. The number of amides is 3. The van der Waals surface area contributed by atoms with Crippen molar-refractivity contribution in [3.05, 3.63) is 59.7 Å². The first-order valence-corrected chi connectivity index (χ1v) is 10.3. The highest BCUT2D eigenvalue weighted by Gasteiger charge is 2.31. The van der Waals surface area contributed by atoms with Gasteiger partial charge in [0.1, 0.15) is 6.04 Å². The Morgan fingerprint density at radius 1 is 0.968 bits per heavy atom. The van der Waals surface area contributed by atoms with E-state index in [2.05, 4.69) is 20.4 Å². The number of urea groups is 1. The average Bonchev–Trinajstić information content (AvgIpc) is 2.80. The van der Waals surface area contributed by atoms with Crippen LogP contribution in [0.3, 0.4) is 0 Å². The van der Waals surface area contributed by atoms with Gasteiger partial charge in [0.25, 0.3) is 0 Å². The summed E-state index contributed by atoms with van der Waals surface area (Å²) < 4.78 is 10.7. The van der Waals surface area contributed by atoms with E-state index in [-0.39, 0.29) is 5.91 Å². The lowest BCUT2D eigenvalue weighted by Gasteiger charge is -2.38. The highest BCUT2D eigenvalue weighted by atomic mass is 16.5. The highest BCUT2D eigenvalue weighted by Crippen LogP contribution is 2.28. The third-order valence-electron chi connectivity index (χ3n) is 5.45. The number of piperazine rings is 1. The van der Waals surface area contributed by atoms with Gasteiger partial charge >= 0.3 is 6.03 Å². The van der Waals surface area contributed by atoms with Crippen LogP contribution in [0.5, 0.6) is 11.5 Å². The van der Waals surface area contributed by atoms with Gasteiger partial charge in [0.15, 0.2) is 11.5 Å². The van der Waals surface area contributed by atoms with Crippen molar-refractivity contribution in [1.29, 1.82) is 0 Å². The van der Waals surface area contributed by atoms with Crippen LogP contribution >= 0.6 is 0 Å². The molecule has 3 rings (SSSR count). The zero-order valence-corrected chi connectivity index (χ0v) is 18.3. The summed E-state index contributed by atoms with van der Waals surface area (Å²) in [7, 11) is 4.75. The third-order valence-corrected chi connectivity index (χ3v) is 5.45. The predicted octanol–water partition coefficient (Wildman–Crippen LogP) is 2.02. The lowest BCUT2D eigenvalue weighted by atomic mass is 10.0. The molecule has 31 heavy (non-hydrogen) atoms. The SMILES string of the molecule is CNC(=O)NC(=O)[C@@H](c1ccccc1)N1CCN(Cc2ccc(OC)c(OC)c2)CC1. The van der Waals surface area contributed by atoms with Crippen LogP contribution in [0.1, 0.15) is 17.2 Å². The summed E-state index contributed by atoms with van der Waals surface area (Å²) in [5.74, 6) is 1.11. The zero-order valence-electron chi connectivity index (χ0n) is 18.3. The van der Waals surface area contributed by atoms with E-state index in [0.29, 0.717) is 24.6 Å². The van der Waals surface area contributed by atoms with E-state index in [1.807, 2.05) is 48.5 Å². The smallest absolute Gasteiger partial charge is 0.321 e. The largest absolute Gasteiger partial charge is 0.493 e. The third kappa shape index (κ3) is 5.74. The molecular weight excluding hydrogens is 396 g/mol. The number of carbonyl (C=O) groups is 2. The molecule has 1 heterocycles. The van der Waals surface area contributed by atoms with Gasteiger partial charge < -0.3 is 14.8 Å². The number of nitrogens with zero attached hydrogens (tertiary/aromatic N) is 2. The van der Waals surface area contributed by atoms with E-state index in [1.54, 1.807) is 14.2 Å². The van der Waals surface area contributed by atoms with Gasteiger partial charge in [0.2, 0.25) is 5.91 Å². The molecule has 2 aromatic rings. The molecule has 1 aliphatic heterocycles. The van der Waals surface area contributed by atoms with Gasteiger partial charge in [0, 0.05) is 39.8 Å². The van der Waals surface area contributed by atoms with Gasteiger partial charge in [-0.15, -0.1) is 0 Å². The summed E-state index contributed by atoms with van der Waals surface area (Å²) in [5, 5.41) is 4.87. The van der Waals surface area contributed by atoms with Crippen molar-refractivity contribution >= 4 is 11.9 Å². The standard InChI is InChI=1S/C23H30N4O4/c1-24-23(29)25-22(28)21(18-7-5-4-6-8-18)27-13-11-26(12-14-27)16-17-9-10-19(30-2)20(15-17)31-3/h4-10,15,21H,11-14,16H2,1-3H3,(H2,24,25,28,29)/t21-/m1/s1. The van der Waals surface area contributed by atoms with Crippen LogP contribution in [0.2, 0.25) is 0 Å². The molecule has 2 N–H and O–H groups in total. The van der Waals surface area contributed by atoms with E-state index in [1.165, 1.54) is 7.05 Å². The summed E-state index contributed by atoms with van der Waals surface area (Å²) >= 11 is 0. The Balaban J connectivity index is 1.66. The van der Waals surface area contributed by atoms with Crippen LogP contribution in [0.4, 0.5) is 4.79 Å². The molecule has 1 atom stereocenters. The number of nitrogens with one attached hydrogen (secondary N) is 2. The molecule has 1 aliphatic rings. The minimum atomic E-state index is -0.512. The maximum atomic E-state index is 12.9. The topological polar surface area (TPSA) is 83.1 Å². The number of imide groups is 1. The molecule has 0 radical (unpaired) electrons. The lowest BCUT2D eigenvalue weighted by Crippen LogP contribution is -2.52. The molecule has 166 valence electrons. The Kier molecular flexibility index (Phi) is 7.86. The van der Waals surface area contributed by atoms with Crippen LogP contribution < -0.4 is 20.1 Å². The van der Waals surface area contributed by atoms with E-state index in [4.69, 9.17) is 9.47 Å². The molecule has 1 saturated heterocycles. The number of carbonyl (C=O) groups excluding carboxylic acids is 2. The summed E-state index contributed by atoms with van der Waals surface area (Å²) in [5.41, 5.74) is 2.01. The van der Waals surface area contributed by atoms with Crippen molar-refractivity contribution in [2.24, 2.45) is 0 Å². The Morgan fingerprint density at radius 3 is 2.26 bits per heavy atom. The highest BCUT2D eigenvalue weighted by molar-refractivity contribution is 5.97. The van der Waals surface area contributed by atoms with Gasteiger partial charge in [-0.25, -0.2) is 4.79 Å². The van der Waals surface area contributed by atoms with Crippen molar-refractivity contribution in [3.63, 3.8) is 0 Å². The summed E-state index contributed by atoms with van der Waals surface area (Å²) in [6.07, 6.45) is 0. The van der Waals surface area contributed by atoms with Gasteiger partial charge in [-0.3, -0.25) is 19.9 Å². The number of methoxy groups -OCH3 is 2. The quantitative estimate of drug-likeness (QED) is 0.705. The number of ether oxygens (including phenoxy) is 2. The number of hydrogen-bond acceptors (Lipinski definition) is 6. The maximum Gasteiger partial charge on any atom is 0.321 e. The van der Waals surface area contributed by atoms with Crippen molar-refractivity contribution in [2.75, 3.05) is 47.4 Å². The molecule has 2 aromatic carbocycles. The molecule has 0 spiro atoms. The number of rotatable bonds is 7. The molecule has 1 fully saturated rings. The van der Waals surface area contributed by atoms with Crippen LogP contribution in [-0.4, -0.2) is 69.2 Å². The van der Waals surface area contributed by atoms with Crippen molar-refractivity contribution < 1.29 is 19.1 Å². The minimum Gasteiger partial charge on any atom is -0.493 e. The normalized spacial score (nSPS) is 15.7. The molecule has 8 nitrogen and oxygen atoms in total. The summed E-state index contributed by atoms with van der Waals surface area (Å²) in [4.78, 5) is 29.0. The van der Waals surface area contributed by atoms with E-state index >= 15 is 0 Å². The molecule has 0 aliphatic carbocycles. The summed E-state index contributed by atoms with van der Waals surface area (Å²) in [6.45, 7) is 3.84. The van der Waals surface area contributed by atoms with Crippen molar-refractivity contribution in [3.8, 4) is 11.5 Å². The fourth-order valence-electron chi connectivity index (χ4n) is 3.82. The fourth-order valence-corrected chi connectivity index (χ4v) is 3.82. The molecule has 0 saturated carbocycles. The zero-order chi connectivity index (χ0) is 22.2. The number of hydrogen-bond donors (Lipinski definition) is 2.